The Morgan fingerprint density at radius 2 is 2.12 bits per heavy atom. The minimum absolute atomic E-state index is 0. The van der Waals surface area contributed by atoms with Crippen LogP contribution in [-0.4, -0.2) is 48.9 Å². The van der Waals surface area contributed by atoms with Crippen molar-refractivity contribution in [3.05, 3.63) is 29.3 Å². The topological polar surface area (TPSA) is 80.0 Å². The number of likely N-dealkylation sites (tertiary alicyclic amines) is 1. The molecule has 2 rings (SSSR count). The lowest BCUT2D eigenvalue weighted by molar-refractivity contribution is 0.0963. The van der Waals surface area contributed by atoms with E-state index in [9.17, 15) is 4.79 Å². The Morgan fingerprint density at radius 3 is 2.73 bits per heavy atom. The zero-order chi connectivity index (χ0) is 18.2. The number of guanidine groups is 1. The van der Waals surface area contributed by atoms with Crippen molar-refractivity contribution in [2.45, 2.75) is 44.2 Å². The Morgan fingerprint density at radius 1 is 1.42 bits per heavy atom. The molecule has 1 fully saturated rings. The van der Waals surface area contributed by atoms with Gasteiger partial charge in [-0.2, -0.15) is 0 Å². The van der Waals surface area contributed by atoms with Gasteiger partial charge in [-0.15, -0.1) is 35.7 Å². The molecule has 1 amide bonds. The van der Waals surface area contributed by atoms with Crippen molar-refractivity contribution in [3.8, 4) is 0 Å². The summed E-state index contributed by atoms with van der Waals surface area (Å²) in [4.78, 5) is 19.2. The Hall–Kier alpha value is -1.16. The zero-order valence-electron chi connectivity index (χ0n) is 15.7. The van der Waals surface area contributed by atoms with Crippen LogP contribution in [-0.2, 0) is 11.3 Å². The quantitative estimate of drug-likeness (QED) is 0.285. The Bertz CT molecular complexity index is 619. The number of carbonyl (C=O) groups is 1. The molecule has 146 valence electrons. The van der Waals surface area contributed by atoms with E-state index in [-0.39, 0.29) is 36.1 Å². The van der Waals surface area contributed by atoms with Crippen LogP contribution in [0.25, 0.3) is 0 Å². The smallest absolute Gasteiger partial charge is 0.409 e. The number of hydrogen-bond donors (Lipinski definition) is 2. The van der Waals surface area contributed by atoms with E-state index >= 15 is 0 Å². The minimum Gasteiger partial charge on any atom is -0.450 e. The first kappa shape index (κ1) is 22.9. The first-order valence-corrected chi connectivity index (χ1v) is 9.87. The maximum atomic E-state index is 11.7. The number of benzene rings is 1. The van der Waals surface area contributed by atoms with Gasteiger partial charge in [-0.25, -0.2) is 9.79 Å². The van der Waals surface area contributed by atoms with E-state index in [4.69, 9.17) is 10.5 Å². The zero-order valence-corrected chi connectivity index (χ0v) is 18.8. The van der Waals surface area contributed by atoms with Crippen LogP contribution in [0.2, 0.25) is 0 Å². The van der Waals surface area contributed by atoms with Crippen molar-refractivity contribution < 1.29 is 9.53 Å². The van der Waals surface area contributed by atoms with Gasteiger partial charge in [0.25, 0.3) is 0 Å². The minimum atomic E-state index is -0.230. The van der Waals surface area contributed by atoms with E-state index in [0.717, 1.165) is 12.8 Å². The van der Waals surface area contributed by atoms with E-state index in [1.54, 1.807) is 16.7 Å². The van der Waals surface area contributed by atoms with E-state index in [0.29, 0.717) is 32.2 Å². The molecule has 1 aromatic rings. The molecule has 1 saturated heterocycles. The summed E-state index contributed by atoms with van der Waals surface area (Å²) in [7, 11) is 0. The number of aryl methyl sites for hydroxylation is 1. The molecule has 0 aliphatic carbocycles. The number of thioether (sulfide) groups is 1. The summed E-state index contributed by atoms with van der Waals surface area (Å²) in [5.74, 6) is 0.460. The molecule has 0 aromatic heterocycles. The number of nitrogens with zero attached hydrogens (tertiary/aromatic N) is 2. The lowest BCUT2D eigenvalue weighted by atomic mass is 10.1. The monoisotopic (exact) mass is 492 g/mol. The number of rotatable bonds is 5. The highest BCUT2D eigenvalue weighted by molar-refractivity contribution is 14.0. The number of halogens is 1. The lowest BCUT2D eigenvalue weighted by Crippen LogP contribution is -2.48. The second-order valence-corrected chi connectivity index (χ2v) is 6.97. The van der Waals surface area contributed by atoms with Crippen LogP contribution in [0.4, 0.5) is 4.79 Å². The van der Waals surface area contributed by atoms with Gasteiger partial charge in [0.05, 0.1) is 13.2 Å². The van der Waals surface area contributed by atoms with Gasteiger partial charge in [-0.05, 0) is 50.1 Å². The second-order valence-electron chi connectivity index (χ2n) is 6.12. The maximum absolute atomic E-state index is 11.7. The fourth-order valence-electron chi connectivity index (χ4n) is 2.83. The molecule has 0 radical (unpaired) electrons. The van der Waals surface area contributed by atoms with E-state index in [2.05, 4.69) is 41.7 Å². The van der Waals surface area contributed by atoms with Gasteiger partial charge in [0.2, 0.25) is 0 Å². The third-order valence-electron chi connectivity index (χ3n) is 4.24. The lowest BCUT2D eigenvalue weighted by Gasteiger charge is -2.31. The van der Waals surface area contributed by atoms with Gasteiger partial charge in [0.15, 0.2) is 5.96 Å². The highest BCUT2D eigenvalue weighted by Crippen LogP contribution is 2.22. The number of piperidine rings is 1. The van der Waals surface area contributed by atoms with E-state index in [1.165, 1.54) is 16.0 Å². The number of amides is 1. The molecular weight excluding hydrogens is 463 g/mol. The van der Waals surface area contributed by atoms with Gasteiger partial charge in [-0.1, -0.05) is 12.1 Å². The summed E-state index contributed by atoms with van der Waals surface area (Å²) < 4.78 is 5.03. The van der Waals surface area contributed by atoms with Crippen molar-refractivity contribution in [1.82, 2.24) is 10.2 Å². The first-order chi connectivity index (χ1) is 12.0. The standard InChI is InChI=1S/C18H28N4O2S.HI/c1-4-24-18(23)22-9-7-15(8-10-22)21-17(19)20-12-14-6-5-13(2)11-16(14)25-3;/h5-6,11,15H,4,7-10,12H2,1-3H3,(H3,19,20,21);1H. The van der Waals surface area contributed by atoms with Crippen LogP contribution in [0.5, 0.6) is 0 Å². The predicted octanol–water partition coefficient (Wildman–Crippen LogP) is 3.36. The predicted molar refractivity (Wildman–Crippen MR) is 118 cm³/mol. The number of hydrogen-bond acceptors (Lipinski definition) is 4. The van der Waals surface area contributed by atoms with Crippen molar-refractivity contribution in [2.75, 3.05) is 26.0 Å². The molecule has 0 bridgehead atoms. The van der Waals surface area contributed by atoms with Crippen LogP contribution in [0.1, 0.15) is 30.9 Å². The Kier molecular flexibility index (Phi) is 10.1. The molecular formula is C18H29IN4O2S. The molecule has 1 aliphatic rings. The van der Waals surface area contributed by atoms with E-state index in [1.807, 2.05) is 6.92 Å². The molecule has 26 heavy (non-hydrogen) atoms. The van der Waals surface area contributed by atoms with Crippen molar-refractivity contribution in [3.63, 3.8) is 0 Å². The largest absolute Gasteiger partial charge is 0.450 e. The second kappa shape index (κ2) is 11.5. The maximum Gasteiger partial charge on any atom is 0.409 e. The SMILES string of the molecule is CCOC(=O)N1CCC(NC(N)=NCc2ccc(C)cc2SC)CC1.I. The van der Waals surface area contributed by atoms with Gasteiger partial charge < -0.3 is 20.7 Å². The molecule has 1 heterocycles. The normalized spacial score (nSPS) is 15.3. The highest BCUT2D eigenvalue weighted by Gasteiger charge is 2.23. The molecule has 0 atom stereocenters. The fourth-order valence-corrected chi connectivity index (χ4v) is 3.53. The molecule has 3 N–H and O–H groups in total. The molecule has 8 heteroatoms. The summed E-state index contributed by atoms with van der Waals surface area (Å²) in [5.41, 5.74) is 8.47. The molecule has 0 spiro atoms. The van der Waals surface area contributed by atoms with E-state index < -0.39 is 0 Å². The highest BCUT2D eigenvalue weighted by atomic mass is 127. The summed E-state index contributed by atoms with van der Waals surface area (Å²) in [6.07, 6.45) is 3.53. The van der Waals surface area contributed by atoms with Crippen LogP contribution in [0, 0.1) is 6.92 Å². The third-order valence-corrected chi connectivity index (χ3v) is 5.06. The molecule has 1 aliphatic heterocycles. The third kappa shape index (κ3) is 6.86. The van der Waals surface area contributed by atoms with Crippen LogP contribution < -0.4 is 11.1 Å². The molecule has 6 nitrogen and oxygen atoms in total. The summed E-state index contributed by atoms with van der Waals surface area (Å²) in [6.45, 7) is 6.24. The van der Waals surface area contributed by atoms with Gasteiger partial charge >= 0.3 is 6.09 Å². The first-order valence-electron chi connectivity index (χ1n) is 8.65. The van der Waals surface area contributed by atoms with Crippen molar-refractivity contribution in [1.29, 1.82) is 0 Å². The number of aliphatic imine (C=N–C) groups is 1. The average Bonchev–Trinajstić information content (AvgIpc) is 2.61. The number of carbonyl (C=O) groups excluding carboxylic acids is 1. The number of ether oxygens (including phenoxy) is 1. The Balaban J connectivity index is 0.00000338. The summed E-state index contributed by atoms with van der Waals surface area (Å²) in [5, 5.41) is 3.27. The molecule has 1 aromatic carbocycles. The summed E-state index contributed by atoms with van der Waals surface area (Å²) in [6, 6.07) is 6.62. The fraction of sp³-hybridized carbons (Fsp3) is 0.556. The number of nitrogens with two attached hydrogens (primary N) is 1. The van der Waals surface area contributed by atoms with Crippen LogP contribution in [0.3, 0.4) is 0 Å². The molecule has 0 unspecified atom stereocenters. The summed E-state index contributed by atoms with van der Waals surface area (Å²) >= 11 is 1.72. The van der Waals surface area contributed by atoms with Gasteiger partial charge in [0, 0.05) is 24.0 Å². The average molecular weight is 492 g/mol. The van der Waals surface area contributed by atoms with Gasteiger partial charge in [-0.3, -0.25) is 0 Å². The van der Waals surface area contributed by atoms with Gasteiger partial charge in [0.1, 0.15) is 0 Å². The van der Waals surface area contributed by atoms with Crippen molar-refractivity contribution in [2.24, 2.45) is 10.7 Å². The Labute approximate surface area is 177 Å². The van der Waals surface area contributed by atoms with Crippen LogP contribution >= 0.6 is 35.7 Å². The molecule has 0 saturated carbocycles. The number of nitrogens with one attached hydrogen (secondary N) is 1. The van der Waals surface area contributed by atoms with Crippen LogP contribution in [0.15, 0.2) is 28.1 Å². The van der Waals surface area contributed by atoms with Crippen molar-refractivity contribution >= 4 is 47.8 Å².